The number of rotatable bonds is 9. The van der Waals surface area contributed by atoms with Crippen molar-refractivity contribution in [3.8, 4) is 5.75 Å². The monoisotopic (exact) mass is 669 g/mol. The van der Waals surface area contributed by atoms with E-state index in [4.69, 9.17) is 9.84 Å². The number of aliphatic carboxylic acids is 1. The number of hydrogen-bond donors (Lipinski definition) is 3. The molecule has 0 spiro atoms. The van der Waals surface area contributed by atoms with Crippen LogP contribution in [0.2, 0.25) is 0 Å². The number of carboxylic acids is 1. The average Bonchev–Trinajstić information content (AvgIpc) is 3.80. The van der Waals surface area contributed by atoms with Crippen molar-refractivity contribution < 1.29 is 29.0 Å². The fraction of sp³-hybridized carbons (Fsp3) is 0.343. The van der Waals surface area contributed by atoms with Crippen LogP contribution in [0.3, 0.4) is 0 Å². The zero-order chi connectivity index (χ0) is 32.4. The van der Waals surface area contributed by atoms with Gasteiger partial charge in [0.1, 0.15) is 5.75 Å². The summed E-state index contributed by atoms with van der Waals surface area (Å²) in [7, 11) is 0. The molecule has 47 heavy (non-hydrogen) atoms. The quantitative estimate of drug-likeness (QED) is 0.213. The molecule has 3 fully saturated rings. The smallest absolute Gasteiger partial charge is 0.305 e. The molecule has 12 heteroatoms. The van der Waals surface area contributed by atoms with Crippen LogP contribution in [0.5, 0.6) is 5.75 Å². The summed E-state index contributed by atoms with van der Waals surface area (Å²) in [4.78, 5) is 68.5. The van der Waals surface area contributed by atoms with Gasteiger partial charge in [-0.1, -0.05) is 53.8 Å². The number of likely N-dealkylation sites (tertiary alicyclic amines) is 1. The van der Waals surface area contributed by atoms with E-state index in [1.54, 1.807) is 11.8 Å². The molecule has 8 rings (SSSR count). The molecule has 0 radical (unpaired) electrons. The van der Waals surface area contributed by atoms with Crippen LogP contribution in [0.15, 0.2) is 76.6 Å². The van der Waals surface area contributed by atoms with Crippen LogP contribution in [-0.4, -0.2) is 57.1 Å². The van der Waals surface area contributed by atoms with Gasteiger partial charge in [0, 0.05) is 34.7 Å². The van der Waals surface area contributed by atoms with Crippen molar-refractivity contribution in [2.75, 3.05) is 18.5 Å². The molecular formula is C35H31N3O7S2. The zero-order valence-electron chi connectivity index (χ0n) is 25.1. The van der Waals surface area contributed by atoms with Crippen molar-refractivity contribution in [1.29, 1.82) is 0 Å². The van der Waals surface area contributed by atoms with Crippen molar-refractivity contribution in [3.63, 3.8) is 0 Å². The Morgan fingerprint density at radius 3 is 2.47 bits per heavy atom. The molecule has 2 saturated carbocycles. The summed E-state index contributed by atoms with van der Waals surface area (Å²) in [5.74, 6) is -1.95. The number of H-pyrrole nitrogens is 1. The van der Waals surface area contributed by atoms with Gasteiger partial charge in [-0.25, -0.2) is 0 Å². The Morgan fingerprint density at radius 1 is 0.957 bits per heavy atom. The third-order valence-electron chi connectivity index (χ3n) is 10.2. The molecule has 2 aliphatic carbocycles. The number of aromatic amines is 1. The molecule has 1 saturated heterocycles. The number of carboxylic acid groups (broad SMARTS) is 1. The summed E-state index contributed by atoms with van der Waals surface area (Å²) in [6, 6.07) is 21.3. The molecule has 240 valence electrons. The van der Waals surface area contributed by atoms with Gasteiger partial charge in [0.15, 0.2) is 6.61 Å². The number of thioether (sulfide) groups is 1. The van der Waals surface area contributed by atoms with Crippen LogP contribution in [0.25, 0.3) is 10.8 Å². The molecule has 2 bridgehead atoms. The number of thiazole rings is 1. The first-order valence-electron chi connectivity index (χ1n) is 15.7. The van der Waals surface area contributed by atoms with Crippen molar-refractivity contribution in [2.24, 2.45) is 29.6 Å². The number of benzene rings is 3. The standard InChI is InChI=1S/C35H31N3O7S2/c39-24(36-20-10-7-17-4-1-2-5-19(17)14-20)16-45-21-11-8-18(9-12-21)26-27-22-15-23(30(27)46-32-31(26)47-35(44)37-32)29-28(22)33(42)38(34(29)43)13-3-6-25(40)41/h1-2,4-5,7-12,14,22-23,26-30H,3,6,13,15-16H2,(H,36,39)(H,37,44)(H,40,41)/t22?,23?,26-,27?,28?,29?,30?/m1/s1. The Kier molecular flexibility index (Phi) is 7.44. The van der Waals surface area contributed by atoms with Crippen molar-refractivity contribution in [1.82, 2.24) is 9.88 Å². The summed E-state index contributed by atoms with van der Waals surface area (Å²) < 4.78 is 5.83. The number of ether oxygens (including phenoxy) is 1. The van der Waals surface area contributed by atoms with Gasteiger partial charge in [0.2, 0.25) is 11.8 Å². The first-order chi connectivity index (χ1) is 22.8. The lowest BCUT2D eigenvalue weighted by Gasteiger charge is -2.43. The van der Waals surface area contributed by atoms with E-state index in [1.165, 1.54) is 16.2 Å². The van der Waals surface area contributed by atoms with E-state index in [9.17, 15) is 24.0 Å². The minimum Gasteiger partial charge on any atom is -0.484 e. The number of aromatic nitrogens is 1. The van der Waals surface area contributed by atoms with E-state index < -0.39 is 17.8 Å². The Morgan fingerprint density at radius 2 is 1.70 bits per heavy atom. The van der Waals surface area contributed by atoms with E-state index in [-0.39, 0.29) is 77.5 Å². The number of hydrogen-bond acceptors (Lipinski definition) is 8. The van der Waals surface area contributed by atoms with Gasteiger partial charge in [0.05, 0.1) is 16.9 Å². The van der Waals surface area contributed by atoms with Crippen LogP contribution in [0.4, 0.5) is 5.69 Å². The van der Waals surface area contributed by atoms with E-state index in [0.717, 1.165) is 32.7 Å². The van der Waals surface area contributed by atoms with Gasteiger partial charge >= 0.3 is 10.8 Å². The topological polar surface area (TPSA) is 146 Å². The Balaban J connectivity index is 0.997. The second kappa shape index (κ2) is 11.7. The minimum absolute atomic E-state index is 0.00342. The predicted octanol–water partition coefficient (Wildman–Crippen LogP) is 4.95. The molecule has 3 heterocycles. The molecule has 3 N–H and O–H groups in total. The summed E-state index contributed by atoms with van der Waals surface area (Å²) >= 11 is 2.82. The lowest BCUT2D eigenvalue weighted by molar-refractivity contribution is -0.142. The Bertz CT molecular complexity index is 1990. The first kappa shape index (κ1) is 29.9. The SMILES string of the molecule is O=C(O)CCCN1C(=O)C2C3CC(C2C1=O)C1C3Sc2[nH]c(=O)sc2[C@@H]1c1ccc(OCC(=O)Nc2ccc3ccccc3c2)cc1. The summed E-state index contributed by atoms with van der Waals surface area (Å²) in [6.45, 7) is -0.0306. The average molecular weight is 670 g/mol. The lowest BCUT2D eigenvalue weighted by Crippen LogP contribution is -2.42. The van der Waals surface area contributed by atoms with Crippen molar-refractivity contribution in [2.45, 2.75) is 35.5 Å². The maximum atomic E-state index is 13.6. The third-order valence-corrected chi connectivity index (χ3v) is 12.8. The van der Waals surface area contributed by atoms with Crippen LogP contribution >= 0.6 is 23.1 Å². The second-order valence-electron chi connectivity index (χ2n) is 12.8. The summed E-state index contributed by atoms with van der Waals surface area (Å²) in [6.07, 6.45) is 0.927. The highest BCUT2D eigenvalue weighted by molar-refractivity contribution is 8.00. The van der Waals surface area contributed by atoms with Gasteiger partial charge in [-0.3, -0.25) is 28.9 Å². The number of carbonyl (C=O) groups is 4. The fourth-order valence-electron chi connectivity index (χ4n) is 8.44. The highest BCUT2D eigenvalue weighted by atomic mass is 32.2. The fourth-order valence-corrected chi connectivity index (χ4v) is 11.3. The second-order valence-corrected chi connectivity index (χ2v) is 15.0. The number of nitrogens with zero attached hydrogens (tertiary/aromatic N) is 1. The predicted molar refractivity (Wildman–Crippen MR) is 177 cm³/mol. The number of carbonyl (C=O) groups excluding carboxylic acids is 3. The minimum atomic E-state index is -0.949. The number of nitrogens with one attached hydrogen (secondary N) is 2. The molecule has 4 aliphatic rings. The molecule has 10 nitrogen and oxygen atoms in total. The highest BCUT2D eigenvalue weighted by Crippen LogP contribution is 2.68. The maximum Gasteiger partial charge on any atom is 0.305 e. The molecule has 3 aromatic carbocycles. The highest BCUT2D eigenvalue weighted by Gasteiger charge is 2.69. The van der Waals surface area contributed by atoms with Crippen LogP contribution in [0, 0.1) is 29.6 Å². The number of fused-ring (bicyclic) bond motifs is 10. The molecule has 3 amide bonds. The van der Waals surface area contributed by atoms with E-state index in [1.807, 2.05) is 66.7 Å². The van der Waals surface area contributed by atoms with Gasteiger partial charge in [-0.2, -0.15) is 0 Å². The summed E-state index contributed by atoms with van der Waals surface area (Å²) in [5.41, 5.74) is 1.68. The van der Waals surface area contributed by atoms with E-state index in [0.29, 0.717) is 11.4 Å². The number of imide groups is 1. The molecule has 4 aromatic rings. The first-order valence-corrected chi connectivity index (χ1v) is 17.4. The normalized spacial score (nSPS) is 27.1. The lowest BCUT2D eigenvalue weighted by atomic mass is 9.68. The Hall–Kier alpha value is -4.42. The molecule has 1 aromatic heterocycles. The summed E-state index contributed by atoms with van der Waals surface area (Å²) in [5, 5.41) is 15.0. The number of amides is 3. The van der Waals surface area contributed by atoms with Crippen LogP contribution in [-0.2, 0) is 19.2 Å². The van der Waals surface area contributed by atoms with Gasteiger partial charge in [-0.15, -0.1) is 11.8 Å². The third kappa shape index (κ3) is 5.14. The molecule has 7 atom stereocenters. The van der Waals surface area contributed by atoms with Crippen molar-refractivity contribution in [3.05, 3.63) is 86.8 Å². The zero-order valence-corrected chi connectivity index (χ0v) is 26.7. The van der Waals surface area contributed by atoms with E-state index >= 15 is 0 Å². The molecular weight excluding hydrogens is 639 g/mol. The van der Waals surface area contributed by atoms with Gasteiger partial charge < -0.3 is 20.1 Å². The Labute approximate surface area is 277 Å². The van der Waals surface area contributed by atoms with Crippen molar-refractivity contribution >= 4 is 63.2 Å². The largest absolute Gasteiger partial charge is 0.484 e. The molecule has 2 aliphatic heterocycles. The maximum absolute atomic E-state index is 13.6. The van der Waals surface area contributed by atoms with Gasteiger partial charge in [-0.05, 0) is 71.2 Å². The molecule has 6 unspecified atom stereocenters. The van der Waals surface area contributed by atoms with Crippen LogP contribution < -0.4 is 14.9 Å². The van der Waals surface area contributed by atoms with Crippen LogP contribution in [0.1, 0.15) is 35.6 Å². The van der Waals surface area contributed by atoms with Gasteiger partial charge in [0.25, 0.3) is 5.91 Å². The number of anilines is 1. The van der Waals surface area contributed by atoms with E-state index in [2.05, 4.69) is 10.3 Å².